The van der Waals surface area contributed by atoms with Gasteiger partial charge >= 0.3 is 0 Å². The van der Waals surface area contributed by atoms with Gasteiger partial charge in [0.05, 0.1) is 11.0 Å². The van der Waals surface area contributed by atoms with Crippen LogP contribution in [-0.4, -0.2) is 11.7 Å². The Balaban J connectivity index is 2.87. The van der Waals surface area contributed by atoms with E-state index in [0.29, 0.717) is 4.88 Å². The quantitative estimate of drug-likeness (QED) is 0.364. The second-order valence-corrected chi connectivity index (χ2v) is 2.55. The van der Waals surface area contributed by atoms with Gasteiger partial charge in [-0.2, -0.15) is 0 Å². The molecule has 0 saturated heterocycles. The molecule has 0 saturated carbocycles. The van der Waals surface area contributed by atoms with Gasteiger partial charge in [0.2, 0.25) is 5.78 Å². The van der Waals surface area contributed by atoms with E-state index in [1.807, 2.05) is 0 Å². The molecule has 0 aliphatic heterocycles. The first-order valence-corrected chi connectivity index (χ1v) is 3.51. The number of carbonyl (C=O) groups excluding carboxylic acids is 2. The Morgan fingerprint density at radius 2 is 2.50 bits per heavy atom. The Kier molecular flexibility index (Phi) is 2.15. The van der Waals surface area contributed by atoms with E-state index in [0.717, 1.165) is 6.08 Å². The van der Waals surface area contributed by atoms with E-state index in [1.165, 1.54) is 17.3 Å². The summed E-state index contributed by atoms with van der Waals surface area (Å²) in [4.78, 5) is 21.1. The van der Waals surface area contributed by atoms with Crippen LogP contribution in [0.3, 0.4) is 0 Å². The van der Waals surface area contributed by atoms with Gasteiger partial charge < -0.3 is 0 Å². The average molecular weight is 152 g/mol. The van der Waals surface area contributed by atoms with Crippen molar-refractivity contribution in [2.24, 2.45) is 0 Å². The van der Waals surface area contributed by atoms with E-state index in [1.54, 1.807) is 17.5 Å². The van der Waals surface area contributed by atoms with Crippen LogP contribution in [0.4, 0.5) is 0 Å². The molecule has 0 N–H and O–H groups in total. The molecule has 1 rings (SSSR count). The molecule has 50 valence electrons. The molecule has 0 aliphatic rings. The highest BCUT2D eigenvalue weighted by Gasteiger charge is 2.00. The third-order valence-corrected chi connectivity index (χ3v) is 1.84. The molecule has 0 aromatic carbocycles. The zero-order valence-electron chi connectivity index (χ0n) is 5.03. The summed E-state index contributed by atoms with van der Waals surface area (Å²) >= 11 is 1.31. The summed E-state index contributed by atoms with van der Waals surface area (Å²) in [7, 11) is 0. The van der Waals surface area contributed by atoms with Gasteiger partial charge in [0.15, 0.2) is 0 Å². The van der Waals surface area contributed by atoms with Gasteiger partial charge in [-0.05, 0) is 11.4 Å². The molecule has 0 bridgehead atoms. The zero-order chi connectivity index (χ0) is 7.40. The van der Waals surface area contributed by atoms with Crippen LogP contribution in [0, 0.1) is 0 Å². The van der Waals surface area contributed by atoms with Crippen molar-refractivity contribution < 1.29 is 9.59 Å². The minimum absolute atomic E-state index is 0.273. The van der Waals surface area contributed by atoms with Gasteiger partial charge in [-0.25, -0.2) is 4.79 Å². The third-order valence-electron chi connectivity index (χ3n) is 0.954. The molecule has 1 aromatic heterocycles. The van der Waals surface area contributed by atoms with Gasteiger partial charge in [-0.3, -0.25) is 4.79 Å². The molecule has 0 amide bonds. The molecule has 0 fully saturated rings. The fraction of sp³-hybridized carbons (Fsp3) is 0. The molecule has 0 aliphatic carbocycles. The number of carbonyl (C=O) groups is 1. The monoisotopic (exact) mass is 152 g/mol. The average Bonchev–Trinajstić information content (AvgIpc) is 2.38. The lowest BCUT2D eigenvalue weighted by Gasteiger charge is -1.80. The molecule has 0 atom stereocenters. The summed E-state index contributed by atoms with van der Waals surface area (Å²) in [6.45, 7) is 0. The van der Waals surface area contributed by atoms with Crippen molar-refractivity contribution >= 4 is 23.1 Å². The van der Waals surface area contributed by atoms with E-state index < -0.39 is 0 Å². The first kappa shape index (κ1) is 6.93. The lowest BCUT2D eigenvalue weighted by Crippen LogP contribution is -1.88. The molecule has 0 radical (unpaired) electrons. The van der Waals surface area contributed by atoms with E-state index in [9.17, 15) is 9.59 Å². The van der Waals surface area contributed by atoms with Crippen LogP contribution in [0.2, 0.25) is 0 Å². The Labute approximate surface area is 61.8 Å². The highest BCUT2D eigenvalue weighted by molar-refractivity contribution is 7.12. The fourth-order valence-corrected chi connectivity index (χ4v) is 1.18. The minimum atomic E-state index is -0.273. The highest BCUT2D eigenvalue weighted by Crippen LogP contribution is 2.08. The Hall–Kier alpha value is -1.18. The molecule has 1 aromatic rings. The number of thiophene rings is 1. The first-order valence-electron chi connectivity index (χ1n) is 2.63. The van der Waals surface area contributed by atoms with Crippen molar-refractivity contribution in [1.82, 2.24) is 0 Å². The van der Waals surface area contributed by atoms with Gasteiger partial charge in [-0.1, -0.05) is 6.07 Å². The molecule has 0 unspecified atom stereocenters. The van der Waals surface area contributed by atoms with Crippen LogP contribution in [0.1, 0.15) is 9.67 Å². The smallest absolute Gasteiger partial charge is 0.206 e. The van der Waals surface area contributed by atoms with E-state index in [4.69, 9.17) is 0 Å². The maximum absolute atomic E-state index is 10.8. The van der Waals surface area contributed by atoms with Crippen molar-refractivity contribution in [3.63, 3.8) is 0 Å². The highest BCUT2D eigenvalue weighted by atomic mass is 32.1. The van der Waals surface area contributed by atoms with E-state index in [2.05, 4.69) is 0 Å². The largest absolute Gasteiger partial charge is 0.288 e. The number of ketones is 1. The molecule has 2 nitrogen and oxygen atoms in total. The van der Waals surface area contributed by atoms with Crippen LogP contribution in [0.15, 0.2) is 23.6 Å². The van der Waals surface area contributed by atoms with Gasteiger partial charge in [0, 0.05) is 0 Å². The summed E-state index contributed by atoms with van der Waals surface area (Å²) in [6.07, 6.45) is 0.895. The second-order valence-electron chi connectivity index (χ2n) is 1.60. The van der Waals surface area contributed by atoms with E-state index in [-0.39, 0.29) is 5.78 Å². The van der Waals surface area contributed by atoms with Crippen molar-refractivity contribution in [1.29, 1.82) is 0 Å². The summed E-state index contributed by atoms with van der Waals surface area (Å²) in [5, 5.41) is 1.78. The van der Waals surface area contributed by atoms with Gasteiger partial charge in [0.25, 0.3) is 0 Å². The minimum Gasteiger partial charge on any atom is -0.288 e. The molecular formula is C7H4O2S. The molecule has 3 heteroatoms. The van der Waals surface area contributed by atoms with Crippen molar-refractivity contribution in [2.45, 2.75) is 0 Å². The van der Waals surface area contributed by atoms with Crippen LogP contribution < -0.4 is 0 Å². The summed E-state index contributed by atoms with van der Waals surface area (Å²) < 4.78 is 0. The zero-order valence-corrected chi connectivity index (χ0v) is 5.85. The van der Waals surface area contributed by atoms with Crippen molar-refractivity contribution in [3.05, 3.63) is 28.5 Å². The van der Waals surface area contributed by atoms with Crippen LogP contribution >= 0.6 is 11.3 Å². The maximum Gasteiger partial charge on any atom is 0.206 e. The predicted octanol–water partition coefficient (Wildman–Crippen LogP) is 1.32. The van der Waals surface area contributed by atoms with Crippen LogP contribution in [0.25, 0.3) is 0 Å². The number of hydrogen-bond acceptors (Lipinski definition) is 3. The van der Waals surface area contributed by atoms with E-state index >= 15 is 0 Å². The van der Waals surface area contributed by atoms with Gasteiger partial charge in [-0.15, -0.1) is 11.3 Å². The van der Waals surface area contributed by atoms with Crippen LogP contribution in [-0.2, 0) is 4.79 Å². The Morgan fingerprint density at radius 3 is 3.00 bits per heavy atom. The predicted molar refractivity (Wildman–Crippen MR) is 38.9 cm³/mol. The second kappa shape index (κ2) is 3.11. The number of rotatable bonds is 2. The molecule has 0 spiro atoms. The third kappa shape index (κ3) is 1.41. The molecule has 10 heavy (non-hydrogen) atoms. The maximum atomic E-state index is 10.8. The number of hydrogen-bond donors (Lipinski definition) is 0. The van der Waals surface area contributed by atoms with Crippen LogP contribution in [0.5, 0.6) is 0 Å². The summed E-state index contributed by atoms with van der Waals surface area (Å²) in [6, 6.07) is 3.43. The number of allylic oxidation sites excluding steroid dienone is 1. The van der Waals surface area contributed by atoms with Gasteiger partial charge in [0.1, 0.15) is 5.94 Å². The summed E-state index contributed by atoms with van der Waals surface area (Å²) in [5.41, 5.74) is 0. The summed E-state index contributed by atoms with van der Waals surface area (Å²) in [5.74, 6) is 1.16. The van der Waals surface area contributed by atoms with Crippen molar-refractivity contribution in [3.8, 4) is 0 Å². The topological polar surface area (TPSA) is 34.1 Å². The molecule has 1 heterocycles. The first-order chi connectivity index (χ1) is 4.84. The Bertz CT molecular complexity index is 268. The standard InChI is InChI=1S/C7H4O2S/c8-4-3-6(9)7-2-1-5-10-7/h1-3,5H. The fourth-order valence-electron chi connectivity index (χ4n) is 0.543. The lowest BCUT2D eigenvalue weighted by molar-refractivity contribution is 0.105. The normalized spacial score (nSPS) is 8.40. The lowest BCUT2D eigenvalue weighted by atomic mass is 10.3. The Morgan fingerprint density at radius 1 is 1.70 bits per heavy atom. The molecular weight excluding hydrogens is 148 g/mol. The van der Waals surface area contributed by atoms with Crippen molar-refractivity contribution in [2.75, 3.05) is 0 Å². The SMILES string of the molecule is O=C=CC(=O)c1cccs1.